The molecule has 0 spiro atoms. The summed E-state index contributed by atoms with van der Waals surface area (Å²) in [6, 6.07) is 13.4. The lowest BCUT2D eigenvalue weighted by Crippen LogP contribution is -3.00. The lowest BCUT2D eigenvalue weighted by Gasteiger charge is -2.03. The first-order valence-electron chi connectivity index (χ1n) is 13.4. The quantitative estimate of drug-likeness (QED) is 0.138. The Hall–Kier alpha value is -1.48. The summed E-state index contributed by atoms with van der Waals surface area (Å²) in [5.41, 5.74) is 1.52. The summed E-state index contributed by atoms with van der Waals surface area (Å²) in [6.07, 6.45) is 26.5. The number of hydrogen-bond donors (Lipinski definition) is 0. The Bertz CT molecular complexity index is 714. The first-order valence-corrected chi connectivity index (χ1v) is 13.4. The number of hydrogen-bond acceptors (Lipinski definition) is 1. The fourth-order valence-electron chi connectivity index (χ4n) is 4.36. The largest absolute Gasteiger partial charge is 1.00 e. The maximum Gasteiger partial charge on any atom is 0.193 e. The van der Waals surface area contributed by atoms with Crippen molar-refractivity contribution in [3.8, 4) is 0 Å². The standard InChI is InChI=1S/C30H46NO.BrH/c1-2-3-4-5-6-7-8-9-10-11-12-13-14-15-16-20-25-31-26-23-29(24-27-31)30(32)28-21-18-17-19-22-28;/h17-19,21-24,26-27H,2-16,20,25H2,1H3;1H/q+1;/p-1. The van der Waals surface area contributed by atoms with E-state index in [1.54, 1.807) is 0 Å². The number of aryl methyl sites for hydroxylation is 1. The minimum Gasteiger partial charge on any atom is -1.00 e. The van der Waals surface area contributed by atoms with Gasteiger partial charge in [0.15, 0.2) is 18.2 Å². The highest BCUT2D eigenvalue weighted by molar-refractivity contribution is 6.08. The number of nitrogens with zero attached hydrogens (tertiary/aromatic N) is 1. The van der Waals surface area contributed by atoms with E-state index in [1.807, 2.05) is 54.9 Å². The van der Waals surface area contributed by atoms with Gasteiger partial charge in [-0.2, -0.15) is 0 Å². The third kappa shape index (κ3) is 13.7. The molecule has 0 saturated heterocycles. The zero-order valence-electron chi connectivity index (χ0n) is 21.0. The molecule has 1 aromatic carbocycles. The number of carbonyl (C=O) groups is 1. The molecule has 0 atom stereocenters. The maximum atomic E-state index is 12.5. The van der Waals surface area contributed by atoms with Crippen LogP contribution in [-0.4, -0.2) is 5.78 Å². The van der Waals surface area contributed by atoms with Crippen LogP contribution in [0.3, 0.4) is 0 Å². The molecule has 0 unspecified atom stereocenters. The Kier molecular flexibility index (Phi) is 17.9. The lowest BCUT2D eigenvalue weighted by atomic mass is 10.0. The monoisotopic (exact) mass is 515 g/mol. The van der Waals surface area contributed by atoms with Crippen LogP contribution in [0.2, 0.25) is 0 Å². The van der Waals surface area contributed by atoms with Gasteiger partial charge in [-0.25, -0.2) is 4.57 Å². The minimum absolute atomic E-state index is 0. The molecule has 33 heavy (non-hydrogen) atoms. The first kappa shape index (κ1) is 29.6. The van der Waals surface area contributed by atoms with Crippen LogP contribution in [0.15, 0.2) is 54.9 Å². The van der Waals surface area contributed by atoms with Crippen molar-refractivity contribution < 1.29 is 26.3 Å². The van der Waals surface area contributed by atoms with Gasteiger partial charge in [0, 0.05) is 29.7 Å². The van der Waals surface area contributed by atoms with Crippen molar-refractivity contribution in [1.29, 1.82) is 0 Å². The summed E-state index contributed by atoms with van der Waals surface area (Å²) in [5, 5.41) is 0. The van der Waals surface area contributed by atoms with Crippen LogP contribution >= 0.6 is 0 Å². The zero-order valence-corrected chi connectivity index (χ0v) is 22.5. The van der Waals surface area contributed by atoms with Gasteiger partial charge in [0.2, 0.25) is 0 Å². The van der Waals surface area contributed by atoms with Crippen LogP contribution in [0.25, 0.3) is 0 Å². The van der Waals surface area contributed by atoms with Crippen molar-refractivity contribution in [2.45, 2.75) is 116 Å². The highest BCUT2D eigenvalue weighted by atomic mass is 79.9. The second-order valence-corrected chi connectivity index (χ2v) is 9.32. The van der Waals surface area contributed by atoms with E-state index < -0.39 is 0 Å². The zero-order chi connectivity index (χ0) is 22.7. The number of halogens is 1. The summed E-state index contributed by atoms with van der Waals surface area (Å²) in [6.45, 7) is 3.33. The summed E-state index contributed by atoms with van der Waals surface area (Å²) in [5.74, 6) is 0.0974. The third-order valence-electron chi connectivity index (χ3n) is 6.46. The minimum atomic E-state index is 0. The number of rotatable bonds is 19. The van der Waals surface area contributed by atoms with Crippen LogP contribution in [0.1, 0.15) is 126 Å². The Labute approximate surface area is 214 Å². The number of unbranched alkanes of at least 4 members (excludes halogenated alkanes) is 15. The van der Waals surface area contributed by atoms with E-state index in [2.05, 4.69) is 11.5 Å². The van der Waals surface area contributed by atoms with Crippen LogP contribution in [0.4, 0.5) is 0 Å². The second kappa shape index (κ2) is 19.9. The average Bonchev–Trinajstić information content (AvgIpc) is 2.84. The van der Waals surface area contributed by atoms with E-state index in [1.165, 1.54) is 103 Å². The molecule has 0 aliphatic carbocycles. The molecular formula is C30H46BrNO. The summed E-state index contributed by atoms with van der Waals surface area (Å²) in [4.78, 5) is 12.5. The lowest BCUT2D eigenvalue weighted by molar-refractivity contribution is -0.697. The van der Waals surface area contributed by atoms with Crippen molar-refractivity contribution in [2.75, 3.05) is 0 Å². The number of benzene rings is 1. The highest BCUT2D eigenvalue weighted by Crippen LogP contribution is 2.14. The fourth-order valence-corrected chi connectivity index (χ4v) is 4.36. The van der Waals surface area contributed by atoms with Gasteiger partial charge in [-0.3, -0.25) is 4.79 Å². The normalized spacial score (nSPS) is 10.7. The molecule has 2 aromatic rings. The van der Waals surface area contributed by atoms with Crippen LogP contribution in [0, 0.1) is 0 Å². The Morgan fingerprint density at radius 2 is 0.970 bits per heavy atom. The predicted molar refractivity (Wildman–Crippen MR) is 136 cm³/mol. The SMILES string of the molecule is CCCCCCCCCCCCCCCCCC[n+]1ccc(C(=O)c2ccccc2)cc1.[Br-]. The van der Waals surface area contributed by atoms with Crippen molar-refractivity contribution in [1.82, 2.24) is 0 Å². The molecule has 1 aromatic heterocycles. The molecule has 0 N–H and O–H groups in total. The number of aromatic nitrogens is 1. The Balaban J connectivity index is 0.00000544. The molecule has 2 rings (SSSR count). The Morgan fingerprint density at radius 3 is 1.42 bits per heavy atom. The Morgan fingerprint density at radius 1 is 0.576 bits per heavy atom. The molecule has 0 saturated carbocycles. The van der Waals surface area contributed by atoms with E-state index in [0.717, 1.165) is 17.7 Å². The van der Waals surface area contributed by atoms with Crippen LogP contribution in [-0.2, 0) is 6.54 Å². The van der Waals surface area contributed by atoms with E-state index in [0.29, 0.717) is 0 Å². The van der Waals surface area contributed by atoms with Gasteiger partial charge in [0.25, 0.3) is 0 Å². The van der Waals surface area contributed by atoms with E-state index >= 15 is 0 Å². The number of pyridine rings is 1. The highest BCUT2D eigenvalue weighted by Gasteiger charge is 2.10. The van der Waals surface area contributed by atoms with E-state index in [-0.39, 0.29) is 22.8 Å². The number of ketones is 1. The van der Waals surface area contributed by atoms with Crippen LogP contribution < -0.4 is 21.5 Å². The molecule has 2 nitrogen and oxygen atoms in total. The van der Waals surface area contributed by atoms with Crippen molar-refractivity contribution in [3.05, 3.63) is 66.0 Å². The fraction of sp³-hybridized carbons (Fsp3) is 0.600. The van der Waals surface area contributed by atoms with E-state index in [4.69, 9.17) is 0 Å². The predicted octanol–water partition coefficient (Wildman–Crippen LogP) is 5.47. The smallest absolute Gasteiger partial charge is 0.193 e. The second-order valence-electron chi connectivity index (χ2n) is 9.32. The molecule has 0 radical (unpaired) electrons. The topological polar surface area (TPSA) is 20.9 Å². The summed E-state index contributed by atoms with van der Waals surface area (Å²) < 4.78 is 2.20. The van der Waals surface area contributed by atoms with Crippen molar-refractivity contribution in [3.63, 3.8) is 0 Å². The van der Waals surface area contributed by atoms with E-state index in [9.17, 15) is 4.79 Å². The molecule has 0 aliphatic heterocycles. The molecule has 0 aliphatic rings. The molecule has 3 heteroatoms. The summed E-state index contributed by atoms with van der Waals surface area (Å²) >= 11 is 0. The maximum absolute atomic E-state index is 12.5. The van der Waals surface area contributed by atoms with Gasteiger partial charge in [-0.15, -0.1) is 0 Å². The van der Waals surface area contributed by atoms with Crippen LogP contribution in [0.5, 0.6) is 0 Å². The first-order chi connectivity index (χ1) is 15.8. The molecular weight excluding hydrogens is 470 g/mol. The van der Waals surface area contributed by atoms with Gasteiger partial charge in [-0.1, -0.05) is 127 Å². The van der Waals surface area contributed by atoms with Gasteiger partial charge in [0.05, 0.1) is 0 Å². The van der Waals surface area contributed by atoms with Gasteiger partial charge >= 0.3 is 0 Å². The van der Waals surface area contributed by atoms with Gasteiger partial charge in [-0.05, 0) is 6.42 Å². The molecule has 1 heterocycles. The summed E-state index contributed by atoms with van der Waals surface area (Å²) in [7, 11) is 0. The molecule has 0 fully saturated rings. The van der Waals surface area contributed by atoms with Crippen molar-refractivity contribution >= 4 is 5.78 Å². The third-order valence-corrected chi connectivity index (χ3v) is 6.46. The van der Waals surface area contributed by atoms with Crippen molar-refractivity contribution in [2.24, 2.45) is 0 Å². The van der Waals surface area contributed by atoms with Gasteiger partial charge < -0.3 is 17.0 Å². The molecule has 184 valence electrons. The average molecular weight is 517 g/mol. The molecule has 0 amide bonds. The molecule has 0 bridgehead atoms. The van der Waals surface area contributed by atoms with Gasteiger partial charge in [0.1, 0.15) is 6.54 Å². The number of carbonyl (C=O) groups excluding carboxylic acids is 1.